The molecule has 2 aromatic carbocycles. The molecule has 0 aliphatic carbocycles. The summed E-state index contributed by atoms with van der Waals surface area (Å²) >= 11 is 0. The molecule has 0 N–H and O–H groups in total. The van der Waals surface area contributed by atoms with Crippen molar-refractivity contribution in [2.75, 3.05) is 0 Å². The van der Waals surface area contributed by atoms with Crippen molar-refractivity contribution in [2.45, 2.75) is 6.61 Å². The van der Waals surface area contributed by atoms with Gasteiger partial charge in [-0.25, -0.2) is 9.78 Å². The van der Waals surface area contributed by atoms with E-state index in [2.05, 4.69) is 4.98 Å². The molecule has 4 rings (SSSR count). The summed E-state index contributed by atoms with van der Waals surface area (Å²) in [6.07, 6.45) is 1.78. The number of nitrogens with zero attached hydrogens (tertiary/aromatic N) is 2. The van der Waals surface area contributed by atoms with Crippen LogP contribution in [-0.4, -0.2) is 15.5 Å². The highest BCUT2D eigenvalue weighted by Gasteiger charge is 2.16. The summed E-state index contributed by atoms with van der Waals surface area (Å²) in [5.41, 5.74) is 2.97. The summed E-state index contributed by atoms with van der Waals surface area (Å²) in [4.78, 5) is 16.7. The number of oxazole rings is 1. The molecule has 0 bridgehead atoms. The molecule has 0 unspecified atom stereocenters. The Bertz CT molecular complexity index is 980. The Kier molecular flexibility index (Phi) is 3.12. The normalized spacial score (nSPS) is 11.2. The third kappa shape index (κ3) is 2.36. The number of hydrogen-bond donors (Lipinski definition) is 0. The van der Waals surface area contributed by atoms with Gasteiger partial charge in [-0.1, -0.05) is 30.3 Å². The minimum atomic E-state index is -0.385. The molecule has 0 saturated heterocycles. The zero-order valence-corrected chi connectivity index (χ0v) is 12.5. The molecule has 5 nitrogen and oxygen atoms in total. The first-order valence-corrected chi connectivity index (χ1v) is 7.28. The van der Waals surface area contributed by atoms with Crippen molar-refractivity contribution < 1.29 is 13.9 Å². The Morgan fingerprint density at radius 3 is 2.83 bits per heavy atom. The molecule has 2 aromatic heterocycles. The second kappa shape index (κ2) is 5.28. The fourth-order valence-corrected chi connectivity index (χ4v) is 2.69. The van der Waals surface area contributed by atoms with E-state index in [1.165, 1.54) is 0 Å². The summed E-state index contributed by atoms with van der Waals surface area (Å²) in [7, 11) is 1.90. The SMILES string of the molecule is Cn1cc(C(=O)OCc2nc3ccccc3o2)c2ccccc21. The maximum atomic E-state index is 12.4. The Morgan fingerprint density at radius 2 is 1.96 bits per heavy atom. The Morgan fingerprint density at radius 1 is 1.17 bits per heavy atom. The first kappa shape index (κ1) is 13.6. The van der Waals surface area contributed by atoms with E-state index in [0.717, 1.165) is 16.4 Å². The molecule has 5 heteroatoms. The van der Waals surface area contributed by atoms with E-state index in [1.54, 1.807) is 6.20 Å². The number of carbonyl (C=O) groups excluding carboxylic acids is 1. The molecule has 2 heterocycles. The summed E-state index contributed by atoms with van der Waals surface area (Å²) in [5.74, 6) is 0.00356. The Hall–Kier alpha value is -3.08. The molecular weight excluding hydrogens is 292 g/mol. The minimum Gasteiger partial charge on any atom is -0.452 e. The van der Waals surface area contributed by atoms with Gasteiger partial charge in [0.15, 0.2) is 12.2 Å². The van der Waals surface area contributed by atoms with E-state index in [9.17, 15) is 4.79 Å². The second-order valence-corrected chi connectivity index (χ2v) is 5.32. The van der Waals surface area contributed by atoms with Gasteiger partial charge in [-0.05, 0) is 18.2 Å². The molecule has 0 spiro atoms. The number of ether oxygens (including phenoxy) is 1. The molecule has 23 heavy (non-hydrogen) atoms. The lowest BCUT2D eigenvalue weighted by molar-refractivity contribution is 0.0442. The first-order valence-electron chi connectivity index (χ1n) is 7.28. The third-order valence-electron chi connectivity index (χ3n) is 3.78. The number of hydrogen-bond acceptors (Lipinski definition) is 4. The van der Waals surface area contributed by atoms with Crippen molar-refractivity contribution in [3.8, 4) is 0 Å². The lowest BCUT2D eigenvalue weighted by atomic mass is 10.2. The van der Waals surface area contributed by atoms with E-state index < -0.39 is 0 Å². The molecule has 4 aromatic rings. The van der Waals surface area contributed by atoms with Crippen LogP contribution in [0.5, 0.6) is 0 Å². The van der Waals surface area contributed by atoms with Gasteiger partial charge in [0.1, 0.15) is 5.52 Å². The van der Waals surface area contributed by atoms with Crippen LogP contribution >= 0.6 is 0 Å². The van der Waals surface area contributed by atoms with Gasteiger partial charge in [-0.2, -0.15) is 0 Å². The first-order chi connectivity index (χ1) is 11.2. The summed E-state index contributed by atoms with van der Waals surface area (Å²) in [5, 5.41) is 0.873. The molecule has 114 valence electrons. The fourth-order valence-electron chi connectivity index (χ4n) is 2.69. The molecule has 0 radical (unpaired) electrons. The number of fused-ring (bicyclic) bond motifs is 2. The smallest absolute Gasteiger partial charge is 0.340 e. The largest absolute Gasteiger partial charge is 0.452 e. The maximum Gasteiger partial charge on any atom is 0.340 e. The summed E-state index contributed by atoms with van der Waals surface area (Å²) in [6.45, 7) is 0.0106. The van der Waals surface area contributed by atoms with Crippen LogP contribution in [0.15, 0.2) is 59.1 Å². The average Bonchev–Trinajstić information content (AvgIpc) is 3.14. The maximum absolute atomic E-state index is 12.4. The van der Waals surface area contributed by atoms with Gasteiger partial charge >= 0.3 is 5.97 Å². The third-order valence-corrected chi connectivity index (χ3v) is 3.78. The minimum absolute atomic E-state index is 0.0106. The number of carbonyl (C=O) groups is 1. The highest BCUT2D eigenvalue weighted by molar-refractivity contribution is 6.04. The van der Waals surface area contributed by atoms with Gasteiger partial charge in [-0.15, -0.1) is 0 Å². The van der Waals surface area contributed by atoms with Gasteiger partial charge in [0.05, 0.1) is 5.56 Å². The summed E-state index contributed by atoms with van der Waals surface area (Å²) in [6, 6.07) is 15.2. The predicted molar refractivity (Wildman–Crippen MR) is 86.0 cm³/mol. The average molecular weight is 306 g/mol. The standard InChI is InChI=1S/C18H14N2O3/c1-20-10-13(12-6-2-4-8-15(12)20)18(21)22-11-17-19-14-7-3-5-9-16(14)23-17/h2-10H,11H2,1H3. The predicted octanol–water partition coefficient (Wildman–Crippen LogP) is 3.68. The van der Waals surface area contributed by atoms with Gasteiger partial charge in [0, 0.05) is 24.1 Å². The zero-order chi connectivity index (χ0) is 15.8. The molecule has 0 amide bonds. The van der Waals surface area contributed by atoms with Gasteiger partial charge < -0.3 is 13.7 Å². The number of esters is 1. The fraction of sp³-hybridized carbons (Fsp3) is 0.111. The molecular formula is C18H14N2O3. The van der Waals surface area contributed by atoms with Crippen molar-refractivity contribution in [2.24, 2.45) is 7.05 Å². The van der Waals surface area contributed by atoms with Crippen LogP contribution in [0.4, 0.5) is 0 Å². The molecule has 0 aliphatic heterocycles. The van der Waals surface area contributed by atoms with Crippen LogP contribution in [0.2, 0.25) is 0 Å². The number of aromatic nitrogens is 2. The number of rotatable bonds is 3. The van der Waals surface area contributed by atoms with Gasteiger partial charge in [0.25, 0.3) is 0 Å². The molecule has 0 atom stereocenters. The lowest BCUT2D eigenvalue weighted by Crippen LogP contribution is -2.04. The molecule has 0 saturated carbocycles. The molecule has 0 fully saturated rings. The van der Waals surface area contributed by atoms with E-state index >= 15 is 0 Å². The lowest BCUT2D eigenvalue weighted by Gasteiger charge is -2.00. The van der Waals surface area contributed by atoms with Crippen molar-refractivity contribution in [1.82, 2.24) is 9.55 Å². The van der Waals surface area contributed by atoms with Crippen LogP contribution < -0.4 is 0 Å². The van der Waals surface area contributed by atoms with Crippen molar-refractivity contribution in [3.63, 3.8) is 0 Å². The van der Waals surface area contributed by atoms with Crippen molar-refractivity contribution in [3.05, 3.63) is 66.2 Å². The van der Waals surface area contributed by atoms with Crippen LogP contribution in [0.3, 0.4) is 0 Å². The monoisotopic (exact) mass is 306 g/mol. The van der Waals surface area contributed by atoms with Crippen LogP contribution in [-0.2, 0) is 18.4 Å². The number of para-hydroxylation sites is 3. The number of aryl methyl sites for hydroxylation is 1. The van der Waals surface area contributed by atoms with Crippen LogP contribution in [0.1, 0.15) is 16.2 Å². The highest BCUT2D eigenvalue weighted by atomic mass is 16.5. The van der Waals surface area contributed by atoms with Crippen molar-refractivity contribution in [1.29, 1.82) is 0 Å². The van der Waals surface area contributed by atoms with E-state index in [1.807, 2.05) is 60.1 Å². The highest BCUT2D eigenvalue weighted by Crippen LogP contribution is 2.22. The Balaban J connectivity index is 1.57. The Labute approximate surface area is 132 Å². The second-order valence-electron chi connectivity index (χ2n) is 5.32. The zero-order valence-electron chi connectivity index (χ0n) is 12.5. The van der Waals surface area contributed by atoms with Crippen LogP contribution in [0, 0.1) is 0 Å². The topological polar surface area (TPSA) is 57.3 Å². The van der Waals surface area contributed by atoms with E-state index in [0.29, 0.717) is 17.0 Å². The van der Waals surface area contributed by atoms with Crippen molar-refractivity contribution >= 4 is 28.0 Å². The van der Waals surface area contributed by atoms with E-state index in [4.69, 9.17) is 9.15 Å². The molecule has 0 aliphatic rings. The van der Waals surface area contributed by atoms with Gasteiger partial charge in [0.2, 0.25) is 5.89 Å². The quantitative estimate of drug-likeness (QED) is 0.542. The number of benzene rings is 2. The van der Waals surface area contributed by atoms with E-state index in [-0.39, 0.29) is 12.6 Å². The van der Waals surface area contributed by atoms with Gasteiger partial charge in [-0.3, -0.25) is 0 Å². The van der Waals surface area contributed by atoms with Crippen LogP contribution in [0.25, 0.3) is 22.0 Å². The summed E-state index contributed by atoms with van der Waals surface area (Å²) < 4.78 is 12.8.